The van der Waals surface area contributed by atoms with Gasteiger partial charge in [-0.2, -0.15) is 0 Å². The molecule has 4 heteroatoms. The number of aliphatic hydroxyl groups excluding tert-OH is 1. The van der Waals surface area contributed by atoms with E-state index in [1.165, 1.54) is 12.1 Å². The van der Waals surface area contributed by atoms with Crippen molar-refractivity contribution in [3.63, 3.8) is 0 Å². The van der Waals surface area contributed by atoms with E-state index in [1.54, 1.807) is 12.1 Å². The fourth-order valence-corrected chi connectivity index (χ4v) is 3.16. The van der Waals surface area contributed by atoms with Crippen LogP contribution in [0.2, 0.25) is 0 Å². The number of nitrogens with zero attached hydrogens (tertiary/aromatic N) is 1. The highest BCUT2D eigenvalue weighted by molar-refractivity contribution is 5.84. The number of rotatable bonds is 5. The van der Waals surface area contributed by atoms with E-state index >= 15 is 0 Å². The lowest BCUT2D eigenvalue weighted by Gasteiger charge is -2.26. The van der Waals surface area contributed by atoms with Crippen LogP contribution in [0.25, 0.3) is 10.9 Å². The molecule has 0 fully saturated rings. The van der Waals surface area contributed by atoms with Crippen molar-refractivity contribution in [3.8, 4) is 0 Å². The van der Waals surface area contributed by atoms with Crippen LogP contribution in [-0.4, -0.2) is 29.4 Å². The van der Waals surface area contributed by atoms with Gasteiger partial charge in [0.15, 0.2) is 0 Å². The van der Waals surface area contributed by atoms with Gasteiger partial charge in [-0.3, -0.25) is 0 Å². The summed E-state index contributed by atoms with van der Waals surface area (Å²) in [6.45, 7) is 2.51. The molecule has 0 aliphatic carbocycles. The Morgan fingerprint density at radius 2 is 1.83 bits per heavy atom. The van der Waals surface area contributed by atoms with Gasteiger partial charge in [0, 0.05) is 23.6 Å². The molecule has 3 nitrogen and oxygen atoms in total. The van der Waals surface area contributed by atoms with Gasteiger partial charge in [0.05, 0.1) is 12.1 Å². The molecule has 0 saturated carbocycles. The summed E-state index contributed by atoms with van der Waals surface area (Å²) in [4.78, 5) is 0. The van der Waals surface area contributed by atoms with E-state index < -0.39 is 6.10 Å². The zero-order chi connectivity index (χ0) is 16.4. The summed E-state index contributed by atoms with van der Waals surface area (Å²) in [6.07, 6.45) is 1.43. The Balaban J connectivity index is 2.15. The Hall–Kier alpha value is -2.17. The lowest BCUT2D eigenvalue weighted by atomic mass is 10.0. The van der Waals surface area contributed by atoms with Crippen molar-refractivity contribution in [3.05, 3.63) is 71.7 Å². The fraction of sp³-hybridized carbons (Fsp3) is 0.263. The second kappa shape index (κ2) is 6.52. The average molecular weight is 312 g/mol. The molecule has 2 unspecified atom stereocenters. The molecule has 0 aliphatic heterocycles. The van der Waals surface area contributed by atoms with Gasteiger partial charge in [-0.05, 0) is 43.3 Å². The normalized spacial score (nSPS) is 14.1. The van der Waals surface area contributed by atoms with Gasteiger partial charge in [-0.25, -0.2) is 4.39 Å². The summed E-state index contributed by atoms with van der Waals surface area (Å²) in [5.41, 5.74) is 3.11. The Bertz CT molecular complexity index is 795. The highest BCUT2D eigenvalue weighted by atomic mass is 19.1. The monoisotopic (exact) mass is 312 g/mol. The summed E-state index contributed by atoms with van der Waals surface area (Å²) >= 11 is 0. The van der Waals surface area contributed by atoms with Crippen molar-refractivity contribution in [2.24, 2.45) is 0 Å². The minimum atomic E-state index is -0.624. The molecule has 2 aromatic carbocycles. The molecule has 23 heavy (non-hydrogen) atoms. The van der Waals surface area contributed by atoms with E-state index in [0.717, 1.165) is 22.0 Å². The molecule has 120 valence electrons. The van der Waals surface area contributed by atoms with Crippen molar-refractivity contribution in [1.29, 1.82) is 0 Å². The van der Waals surface area contributed by atoms with Crippen LogP contribution in [0.1, 0.15) is 17.2 Å². The maximum absolute atomic E-state index is 13.3. The molecule has 0 amide bonds. The van der Waals surface area contributed by atoms with Crippen molar-refractivity contribution in [1.82, 2.24) is 9.88 Å². The first-order valence-corrected chi connectivity index (χ1v) is 7.76. The summed E-state index contributed by atoms with van der Waals surface area (Å²) in [5, 5.41) is 14.9. The Morgan fingerprint density at radius 3 is 2.52 bits per heavy atom. The molecule has 0 saturated heterocycles. The first kappa shape index (κ1) is 15.7. The molecule has 3 rings (SSSR count). The minimum absolute atomic E-state index is 0.274. The molecule has 1 aromatic heterocycles. The van der Waals surface area contributed by atoms with Gasteiger partial charge < -0.3 is 15.0 Å². The summed E-state index contributed by atoms with van der Waals surface area (Å²) < 4.78 is 15.4. The van der Waals surface area contributed by atoms with E-state index in [4.69, 9.17) is 0 Å². The van der Waals surface area contributed by atoms with Gasteiger partial charge in [0.1, 0.15) is 5.82 Å². The van der Waals surface area contributed by atoms with Crippen LogP contribution in [0, 0.1) is 12.7 Å². The third-order valence-corrected chi connectivity index (χ3v) is 4.23. The average Bonchev–Trinajstić information content (AvgIpc) is 2.87. The maximum atomic E-state index is 13.3. The molecule has 0 bridgehead atoms. The minimum Gasteiger partial charge on any atom is -0.389 e. The molecule has 3 aromatic rings. The smallest absolute Gasteiger partial charge is 0.123 e. The van der Waals surface area contributed by atoms with Gasteiger partial charge in [0.2, 0.25) is 0 Å². The predicted molar refractivity (Wildman–Crippen MR) is 91.1 cm³/mol. The lowest BCUT2D eigenvalue weighted by Crippen LogP contribution is -2.33. The number of halogens is 1. The Morgan fingerprint density at radius 1 is 1.13 bits per heavy atom. The molecular weight excluding hydrogens is 291 g/mol. The van der Waals surface area contributed by atoms with Crippen molar-refractivity contribution in [2.75, 3.05) is 13.6 Å². The van der Waals surface area contributed by atoms with E-state index in [9.17, 15) is 9.50 Å². The first-order chi connectivity index (χ1) is 11.1. The number of hydrogen-bond donors (Lipinski definition) is 2. The zero-order valence-corrected chi connectivity index (χ0v) is 13.3. The van der Waals surface area contributed by atoms with Crippen LogP contribution < -0.4 is 5.32 Å². The molecule has 2 atom stereocenters. The number of aliphatic hydroxyl groups is 1. The van der Waals surface area contributed by atoms with E-state index in [-0.39, 0.29) is 11.9 Å². The topological polar surface area (TPSA) is 37.2 Å². The quantitative estimate of drug-likeness (QED) is 0.759. The maximum Gasteiger partial charge on any atom is 0.123 e. The molecular formula is C19H21FN2O. The van der Waals surface area contributed by atoms with E-state index in [2.05, 4.69) is 29.1 Å². The van der Waals surface area contributed by atoms with Crippen molar-refractivity contribution >= 4 is 10.9 Å². The second-order valence-electron chi connectivity index (χ2n) is 5.86. The number of hydrogen-bond acceptors (Lipinski definition) is 2. The highest BCUT2D eigenvalue weighted by Crippen LogP contribution is 2.30. The molecule has 0 aliphatic rings. The number of aromatic nitrogens is 1. The SMILES string of the molecule is CNCC(O)C(c1ccc(F)cc1)n1cc(C)c2ccccc21. The van der Waals surface area contributed by atoms with Crippen LogP contribution in [0.3, 0.4) is 0 Å². The predicted octanol–water partition coefficient (Wildman–Crippen LogP) is 3.26. The van der Waals surface area contributed by atoms with E-state index in [1.807, 2.05) is 25.2 Å². The molecule has 0 radical (unpaired) electrons. The zero-order valence-electron chi connectivity index (χ0n) is 13.3. The lowest BCUT2D eigenvalue weighted by molar-refractivity contribution is 0.132. The number of para-hydroxylation sites is 1. The van der Waals surface area contributed by atoms with E-state index in [0.29, 0.717) is 6.54 Å². The van der Waals surface area contributed by atoms with Crippen LogP contribution >= 0.6 is 0 Å². The van der Waals surface area contributed by atoms with Crippen molar-refractivity contribution < 1.29 is 9.50 Å². The number of nitrogens with one attached hydrogen (secondary N) is 1. The van der Waals surface area contributed by atoms with Crippen LogP contribution in [0.5, 0.6) is 0 Å². The first-order valence-electron chi connectivity index (χ1n) is 7.76. The van der Waals surface area contributed by atoms with Gasteiger partial charge in [-0.15, -0.1) is 0 Å². The Labute approximate surface area is 135 Å². The molecule has 2 N–H and O–H groups in total. The second-order valence-corrected chi connectivity index (χ2v) is 5.86. The third kappa shape index (κ3) is 3.00. The standard InChI is InChI=1S/C19H21FN2O/c1-13-12-22(17-6-4-3-5-16(13)17)19(18(23)11-21-2)14-7-9-15(20)10-8-14/h3-10,12,18-19,21,23H,11H2,1-2H3. The summed E-state index contributed by atoms with van der Waals surface area (Å²) in [6, 6.07) is 14.2. The van der Waals surface area contributed by atoms with Gasteiger partial charge in [-0.1, -0.05) is 30.3 Å². The van der Waals surface area contributed by atoms with Crippen LogP contribution in [-0.2, 0) is 0 Å². The van der Waals surface area contributed by atoms with Crippen LogP contribution in [0.15, 0.2) is 54.7 Å². The number of aryl methyl sites for hydroxylation is 1. The summed E-state index contributed by atoms with van der Waals surface area (Å²) in [7, 11) is 1.81. The van der Waals surface area contributed by atoms with Gasteiger partial charge >= 0.3 is 0 Å². The largest absolute Gasteiger partial charge is 0.389 e. The third-order valence-electron chi connectivity index (χ3n) is 4.23. The number of benzene rings is 2. The fourth-order valence-electron chi connectivity index (χ4n) is 3.16. The van der Waals surface area contributed by atoms with Crippen LogP contribution in [0.4, 0.5) is 4.39 Å². The van der Waals surface area contributed by atoms with Crippen molar-refractivity contribution in [2.45, 2.75) is 19.1 Å². The Kier molecular flexibility index (Phi) is 4.46. The number of fused-ring (bicyclic) bond motifs is 1. The molecule has 0 spiro atoms. The number of likely N-dealkylation sites (N-methyl/N-ethyl adjacent to an activating group) is 1. The molecule has 1 heterocycles. The highest BCUT2D eigenvalue weighted by Gasteiger charge is 2.24. The van der Waals surface area contributed by atoms with Gasteiger partial charge in [0.25, 0.3) is 0 Å². The summed E-state index contributed by atoms with van der Waals surface area (Å²) in [5.74, 6) is -0.274.